The second-order valence-corrected chi connectivity index (χ2v) is 5.34. The van der Waals surface area contributed by atoms with Gasteiger partial charge in [-0.3, -0.25) is 4.48 Å². The Labute approximate surface area is 125 Å². The molecule has 0 saturated heterocycles. The molecule has 0 spiro atoms. The highest BCUT2D eigenvalue weighted by atomic mass is 79.9. The van der Waals surface area contributed by atoms with E-state index in [4.69, 9.17) is 0 Å². The molecule has 2 nitrogen and oxygen atoms in total. The van der Waals surface area contributed by atoms with Gasteiger partial charge < -0.3 is 22.1 Å². The van der Waals surface area contributed by atoms with Crippen LogP contribution in [0, 0.1) is 0 Å². The van der Waals surface area contributed by atoms with Crippen LogP contribution < -0.4 is 17.0 Å². The molecule has 0 aliphatic carbocycles. The zero-order chi connectivity index (χ0) is 13.1. The molecule has 0 heterocycles. The van der Waals surface area contributed by atoms with Crippen molar-refractivity contribution in [3.63, 3.8) is 0 Å². The number of quaternary nitrogens is 1. The van der Waals surface area contributed by atoms with E-state index in [2.05, 4.69) is 27.7 Å². The maximum absolute atomic E-state index is 10.4. The number of nitrogens with zero attached hydrogens (tertiary/aromatic N) is 1. The summed E-state index contributed by atoms with van der Waals surface area (Å²) in [4.78, 5) is 0. The third-order valence-corrected chi connectivity index (χ3v) is 3.87. The third kappa shape index (κ3) is 7.10. The van der Waals surface area contributed by atoms with E-state index in [1.807, 2.05) is 0 Å². The van der Waals surface area contributed by atoms with Crippen LogP contribution in [-0.4, -0.2) is 35.5 Å². The Hall–Kier alpha value is 0.400. The van der Waals surface area contributed by atoms with E-state index in [9.17, 15) is 5.11 Å². The van der Waals surface area contributed by atoms with Gasteiger partial charge in [0.15, 0.2) is 6.23 Å². The van der Waals surface area contributed by atoms with E-state index >= 15 is 0 Å². The smallest absolute Gasteiger partial charge is 0.190 e. The van der Waals surface area contributed by atoms with Crippen LogP contribution in [0.4, 0.5) is 0 Å². The van der Waals surface area contributed by atoms with Gasteiger partial charge in [-0.2, -0.15) is 0 Å². The number of rotatable bonds is 11. The normalized spacial score (nSPS) is 13.2. The molecule has 0 bridgehead atoms. The van der Waals surface area contributed by atoms with Crippen LogP contribution >= 0.6 is 0 Å². The van der Waals surface area contributed by atoms with Crippen LogP contribution in [0.15, 0.2) is 0 Å². The maximum Gasteiger partial charge on any atom is 0.190 e. The largest absolute Gasteiger partial charge is 1.00 e. The van der Waals surface area contributed by atoms with Gasteiger partial charge in [-0.05, 0) is 19.3 Å². The van der Waals surface area contributed by atoms with E-state index in [0.717, 1.165) is 30.5 Å². The van der Waals surface area contributed by atoms with Gasteiger partial charge in [-0.15, -0.1) is 0 Å². The maximum atomic E-state index is 10.4. The number of unbranched alkanes of at least 4 members (excludes halogenated alkanes) is 3. The molecule has 18 heavy (non-hydrogen) atoms. The van der Waals surface area contributed by atoms with Crippen molar-refractivity contribution in [1.29, 1.82) is 0 Å². The highest BCUT2D eigenvalue weighted by Gasteiger charge is 2.32. The first-order chi connectivity index (χ1) is 8.16. The lowest BCUT2D eigenvalue weighted by molar-refractivity contribution is -0.972. The molecule has 0 fully saturated rings. The molecule has 0 aromatic heterocycles. The van der Waals surface area contributed by atoms with Crippen molar-refractivity contribution in [2.45, 2.75) is 78.9 Å². The molecule has 0 rings (SSSR count). The first kappa shape index (κ1) is 20.7. The quantitative estimate of drug-likeness (QED) is 0.443. The third-order valence-electron chi connectivity index (χ3n) is 3.87. The fraction of sp³-hybridized carbons (Fsp3) is 1.00. The summed E-state index contributed by atoms with van der Waals surface area (Å²) in [5.41, 5.74) is 0. The number of aliphatic hydroxyl groups is 1. The monoisotopic (exact) mass is 323 g/mol. The van der Waals surface area contributed by atoms with Crippen LogP contribution in [0.3, 0.4) is 0 Å². The summed E-state index contributed by atoms with van der Waals surface area (Å²) in [5.74, 6) is 0. The SMILES string of the molecule is CCCC[N+](CCCC)(CCCC)C(O)CC.[Br-]. The molecule has 0 saturated carbocycles. The summed E-state index contributed by atoms with van der Waals surface area (Å²) in [7, 11) is 0. The van der Waals surface area contributed by atoms with E-state index < -0.39 is 0 Å². The van der Waals surface area contributed by atoms with Gasteiger partial charge in [-0.1, -0.05) is 47.0 Å². The summed E-state index contributed by atoms with van der Waals surface area (Å²) < 4.78 is 0.950. The van der Waals surface area contributed by atoms with Crippen molar-refractivity contribution in [2.75, 3.05) is 19.6 Å². The van der Waals surface area contributed by atoms with E-state index in [-0.39, 0.29) is 23.2 Å². The fourth-order valence-corrected chi connectivity index (χ4v) is 2.59. The number of halogens is 1. The number of hydrogen-bond acceptors (Lipinski definition) is 1. The molecule has 1 N–H and O–H groups in total. The van der Waals surface area contributed by atoms with Crippen molar-refractivity contribution < 1.29 is 26.6 Å². The highest BCUT2D eigenvalue weighted by molar-refractivity contribution is 4.51. The van der Waals surface area contributed by atoms with Crippen molar-refractivity contribution in [3.8, 4) is 0 Å². The van der Waals surface area contributed by atoms with Crippen LogP contribution in [0.1, 0.15) is 72.6 Å². The van der Waals surface area contributed by atoms with E-state index in [1.54, 1.807) is 0 Å². The Balaban J connectivity index is 0. The summed E-state index contributed by atoms with van der Waals surface area (Å²) in [6.45, 7) is 12.3. The zero-order valence-electron chi connectivity index (χ0n) is 12.9. The van der Waals surface area contributed by atoms with Gasteiger partial charge in [0.1, 0.15) is 0 Å². The molecule has 1 atom stereocenters. The number of aliphatic hydroxyl groups excluding tert-OH is 1. The lowest BCUT2D eigenvalue weighted by atomic mass is 10.1. The molecule has 1 unspecified atom stereocenters. The molecule has 0 radical (unpaired) electrons. The molecule has 0 amide bonds. The second kappa shape index (κ2) is 12.4. The molecule has 3 heteroatoms. The Morgan fingerprint density at radius 3 is 1.33 bits per heavy atom. The average molecular weight is 324 g/mol. The lowest BCUT2D eigenvalue weighted by Crippen LogP contribution is -3.00. The van der Waals surface area contributed by atoms with Gasteiger partial charge in [0.25, 0.3) is 0 Å². The van der Waals surface area contributed by atoms with Crippen molar-refractivity contribution in [1.82, 2.24) is 0 Å². The van der Waals surface area contributed by atoms with Gasteiger partial charge in [0.2, 0.25) is 0 Å². The minimum atomic E-state index is -0.153. The van der Waals surface area contributed by atoms with Crippen molar-refractivity contribution in [2.24, 2.45) is 0 Å². The minimum absolute atomic E-state index is 0. The molecular formula is C15H34BrNO. The summed E-state index contributed by atoms with van der Waals surface area (Å²) in [6.07, 6.45) is 8.15. The molecule has 0 aromatic rings. The molecule has 0 aromatic carbocycles. The number of hydrogen-bond donors (Lipinski definition) is 1. The average Bonchev–Trinajstić information content (AvgIpc) is 2.37. The summed E-state index contributed by atoms with van der Waals surface area (Å²) >= 11 is 0. The topological polar surface area (TPSA) is 20.2 Å². The van der Waals surface area contributed by atoms with Crippen molar-refractivity contribution >= 4 is 0 Å². The minimum Gasteiger partial charge on any atom is -1.00 e. The van der Waals surface area contributed by atoms with E-state index in [0.29, 0.717) is 0 Å². The van der Waals surface area contributed by atoms with Gasteiger partial charge >= 0.3 is 0 Å². The summed E-state index contributed by atoms with van der Waals surface area (Å²) in [5, 5.41) is 10.4. The predicted molar refractivity (Wildman–Crippen MR) is 75.9 cm³/mol. The van der Waals surface area contributed by atoms with Gasteiger partial charge in [0.05, 0.1) is 19.6 Å². The molecular weight excluding hydrogens is 290 g/mol. The zero-order valence-corrected chi connectivity index (χ0v) is 14.5. The fourth-order valence-electron chi connectivity index (χ4n) is 2.59. The van der Waals surface area contributed by atoms with Gasteiger partial charge in [-0.25, -0.2) is 0 Å². The second-order valence-electron chi connectivity index (χ2n) is 5.34. The standard InChI is InChI=1S/C15H34NO.BrH/c1-5-9-12-16(13-10-6-2,14-11-7-3)15(17)8-4;/h15,17H,5-14H2,1-4H3;1H/q+1;/p-1. The van der Waals surface area contributed by atoms with Crippen LogP contribution in [0.25, 0.3) is 0 Å². The first-order valence-corrected chi connectivity index (χ1v) is 7.70. The lowest BCUT2D eigenvalue weighted by Gasteiger charge is -2.42. The highest BCUT2D eigenvalue weighted by Crippen LogP contribution is 2.20. The Morgan fingerprint density at radius 2 is 1.11 bits per heavy atom. The first-order valence-electron chi connectivity index (χ1n) is 7.70. The Kier molecular flexibility index (Phi) is 14.3. The van der Waals surface area contributed by atoms with Crippen LogP contribution in [0.5, 0.6) is 0 Å². The predicted octanol–water partition coefficient (Wildman–Crippen LogP) is 0.936. The Morgan fingerprint density at radius 1 is 0.778 bits per heavy atom. The van der Waals surface area contributed by atoms with Crippen LogP contribution in [0.2, 0.25) is 0 Å². The van der Waals surface area contributed by atoms with E-state index in [1.165, 1.54) is 38.5 Å². The van der Waals surface area contributed by atoms with Crippen molar-refractivity contribution in [3.05, 3.63) is 0 Å². The van der Waals surface area contributed by atoms with Gasteiger partial charge in [0, 0.05) is 6.42 Å². The summed E-state index contributed by atoms with van der Waals surface area (Å²) in [6, 6.07) is 0. The molecule has 112 valence electrons. The Bertz CT molecular complexity index is 154. The van der Waals surface area contributed by atoms with Crippen LogP contribution in [-0.2, 0) is 0 Å². The molecule has 0 aliphatic rings. The molecule has 0 aliphatic heterocycles.